The van der Waals surface area contributed by atoms with Crippen LogP contribution < -0.4 is 5.73 Å². The van der Waals surface area contributed by atoms with Crippen LogP contribution >= 0.6 is 24.8 Å². The van der Waals surface area contributed by atoms with Crippen molar-refractivity contribution >= 4 is 24.8 Å². The molecule has 0 aromatic heterocycles. The minimum absolute atomic E-state index is 0. The third kappa shape index (κ3) is 4.08. The number of hydrogen-bond donors (Lipinski definition) is 1. The van der Waals surface area contributed by atoms with Crippen molar-refractivity contribution in [2.75, 3.05) is 26.3 Å². The predicted molar refractivity (Wildman–Crippen MR) is 67.1 cm³/mol. The number of rotatable bonds is 1. The second-order valence-corrected chi connectivity index (χ2v) is 4.19. The first kappa shape index (κ1) is 15.5. The molecule has 15 heavy (non-hydrogen) atoms. The van der Waals surface area contributed by atoms with Gasteiger partial charge in [0.05, 0.1) is 6.61 Å². The Morgan fingerprint density at radius 1 is 1.07 bits per heavy atom. The van der Waals surface area contributed by atoms with E-state index in [1.54, 1.807) is 0 Å². The number of ether oxygens (including phenoxy) is 1. The summed E-state index contributed by atoms with van der Waals surface area (Å²) in [5.74, 6) is 0. The maximum absolute atomic E-state index is 6.04. The van der Waals surface area contributed by atoms with Gasteiger partial charge in [0.25, 0.3) is 0 Å². The number of likely N-dealkylation sites (tertiary alicyclic amines) is 1. The van der Waals surface area contributed by atoms with Crippen molar-refractivity contribution < 1.29 is 4.74 Å². The first-order valence-corrected chi connectivity index (χ1v) is 5.45. The molecule has 0 bridgehead atoms. The lowest BCUT2D eigenvalue weighted by Crippen LogP contribution is -2.54. The average Bonchev–Trinajstić information content (AvgIpc) is 2.20. The van der Waals surface area contributed by atoms with Crippen molar-refractivity contribution in [2.24, 2.45) is 5.73 Å². The largest absolute Gasteiger partial charge is 0.380 e. The molecule has 2 N–H and O–H groups in total. The van der Waals surface area contributed by atoms with Gasteiger partial charge in [-0.05, 0) is 32.4 Å². The molecule has 2 heterocycles. The maximum atomic E-state index is 6.04. The van der Waals surface area contributed by atoms with E-state index in [4.69, 9.17) is 10.5 Å². The lowest BCUT2D eigenvalue weighted by molar-refractivity contribution is 0.0115. The molecule has 0 aromatic carbocycles. The Morgan fingerprint density at radius 2 is 1.73 bits per heavy atom. The molecule has 2 aliphatic rings. The summed E-state index contributed by atoms with van der Waals surface area (Å²) in [6.07, 6.45) is 5.23. The topological polar surface area (TPSA) is 38.5 Å². The van der Waals surface area contributed by atoms with Crippen molar-refractivity contribution in [3.63, 3.8) is 0 Å². The third-order valence-corrected chi connectivity index (χ3v) is 3.22. The van der Waals surface area contributed by atoms with Gasteiger partial charge in [0.1, 0.15) is 0 Å². The van der Waals surface area contributed by atoms with Gasteiger partial charge in [-0.15, -0.1) is 24.8 Å². The Morgan fingerprint density at radius 3 is 2.33 bits per heavy atom. The summed E-state index contributed by atoms with van der Waals surface area (Å²) >= 11 is 0. The summed E-state index contributed by atoms with van der Waals surface area (Å²) in [7, 11) is 0. The summed E-state index contributed by atoms with van der Waals surface area (Å²) in [6, 6.07) is 0.834. The Hall–Kier alpha value is 0.460. The van der Waals surface area contributed by atoms with Gasteiger partial charge in [0.2, 0.25) is 0 Å². The van der Waals surface area contributed by atoms with Crippen LogP contribution in [0.5, 0.6) is 0 Å². The van der Waals surface area contributed by atoms with Crippen molar-refractivity contribution in [3.05, 3.63) is 0 Å². The molecule has 2 saturated heterocycles. The van der Waals surface area contributed by atoms with Crippen molar-refractivity contribution in [3.8, 4) is 0 Å². The second kappa shape index (κ2) is 7.69. The van der Waals surface area contributed by atoms with Gasteiger partial charge < -0.3 is 10.5 Å². The molecule has 0 aliphatic carbocycles. The number of hydrogen-bond acceptors (Lipinski definition) is 3. The smallest absolute Gasteiger partial charge is 0.0632 e. The lowest BCUT2D eigenvalue weighted by Gasteiger charge is -2.40. The zero-order valence-electron chi connectivity index (χ0n) is 9.06. The Bertz CT molecular complexity index is 166. The van der Waals surface area contributed by atoms with Crippen molar-refractivity contribution in [1.29, 1.82) is 0 Å². The lowest BCUT2D eigenvalue weighted by atomic mass is 9.99. The van der Waals surface area contributed by atoms with E-state index in [1.165, 1.54) is 32.4 Å². The van der Waals surface area contributed by atoms with Crippen LogP contribution in [0.25, 0.3) is 0 Å². The molecular formula is C10H22Cl2N2O. The third-order valence-electron chi connectivity index (χ3n) is 3.22. The first-order valence-electron chi connectivity index (χ1n) is 5.45. The molecule has 0 radical (unpaired) electrons. The van der Waals surface area contributed by atoms with Gasteiger partial charge in [-0.3, -0.25) is 4.90 Å². The maximum Gasteiger partial charge on any atom is 0.0632 e. The van der Waals surface area contributed by atoms with Gasteiger partial charge in [-0.25, -0.2) is 0 Å². The minimum Gasteiger partial charge on any atom is -0.380 e. The van der Waals surface area contributed by atoms with Crippen LogP contribution in [0.3, 0.4) is 0 Å². The average molecular weight is 257 g/mol. The van der Waals surface area contributed by atoms with Crippen LogP contribution in [-0.4, -0.2) is 43.3 Å². The van der Waals surface area contributed by atoms with Gasteiger partial charge >= 0.3 is 0 Å². The zero-order valence-corrected chi connectivity index (χ0v) is 10.7. The monoisotopic (exact) mass is 256 g/mol. The Balaban J connectivity index is 0.000000980. The summed E-state index contributed by atoms with van der Waals surface area (Å²) < 4.78 is 5.35. The van der Waals surface area contributed by atoms with Crippen molar-refractivity contribution in [2.45, 2.75) is 37.8 Å². The first-order chi connectivity index (χ1) is 6.38. The molecule has 0 aromatic rings. The highest BCUT2D eigenvalue weighted by atomic mass is 35.5. The van der Waals surface area contributed by atoms with Crippen LogP contribution in [0.1, 0.15) is 25.7 Å². The summed E-state index contributed by atoms with van der Waals surface area (Å²) in [5, 5.41) is 0. The highest BCUT2D eigenvalue weighted by molar-refractivity contribution is 5.85. The van der Waals surface area contributed by atoms with Crippen LogP contribution in [0.4, 0.5) is 0 Å². The fourth-order valence-corrected chi connectivity index (χ4v) is 2.45. The van der Waals surface area contributed by atoms with Crippen LogP contribution in [0, 0.1) is 0 Å². The number of nitrogens with two attached hydrogens (primary N) is 1. The minimum atomic E-state index is 0. The van der Waals surface area contributed by atoms with Crippen molar-refractivity contribution in [1.82, 2.24) is 4.90 Å². The summed E-state index contributed by atoms with van der Waals surface area (Å²) in [4.78, 5) is 2.57. The molecule has 2 fully saturated rings. The molecule has 5 heteroatoms. The summed E-state index contributed by atoms with van der Waals surface area (Å²) in [5.41, 5.74) is 6.04. The van der Waals surface area contributed by atoms with E-state index in [-0.39, 0.29) is 30.9 Å². The normalized spacial score (nSPS) is 32.6. The molecule has 3 nitrogen and oxygen atoms in total. The van der Waals surface area contributed by atoms with E-state index in [2.05, 4.69) is 4.90 Å². The standard InChI is InChI=1S/C10H20N2O.2ClH/c11-9-8-13-7-4-10(9)12-5-2-1-3-6-12;;/h9-10H,1-8,11H2;2*1H/t9-,10-;;/m1../s1. The molecule has 0 amide bonds. The summed E-state index contributed by atoms with van der Waals surface area (Å²) in [6.45, 7) is 4.15. The number of piperidine rings is 1. The predicted octanol–water partition coefficient (Wildman–Crippen LogP) is 1.43. The number of halogens is 2. The Kier molecular flexibility index (Phi) is 7.92. The van der Waals surface area contributed by atoms with Crippen LogP contribution in [0.15, 0.2) is 0 Å². The number of nitrogens with zero attached hydrogens (tertiary/aromatic N) is 1. The zero-order chi connectivity index (χ0) is 9.10. The van der Waals surface area contributed by atoms with Gasteiger partial charge in [-0.1, -0.05) is 6.42 Å². The van der Waals surface area contributed by atoms with E-state index >= 15 is 0 Å². The SMILES string of the molecule is Cl.Cl.N[C@@H]1COCC[C@H]1N1CCCCC1. The molecular weight excluding hydrogens is 235 g/mol. The quantitative estimate of drug-likeness (QED) is 0.772. The molecule has 92 valence electrons. The highest BCUT2D eigenvalue weighted by Crippen LogP contribution is 2.18. The molecule has 2 aliphatic heterocycles. The van der Waals surface area contributed by atoms with E-state index in [0.717, 1.165) is 19.6 Å². The van der Waals surface area contributed by atoms with E-state index in [0.29, 0.717) is 6.04 Å². The van der Waals surface area contributed by atoms with Gasteiger partial charge in [0, 0.05) is 18.7 Å². The fraction of sp³-hybridized carbons (Fsp3) is 1.00. The van der Waals surface area contributed by atoms with Gasteiger partial charge in [0.15, 0.2) is 0 Å². The molecule has 2 atom stereocenters. The van der Waals surface area contributed by atoms with Crippen LogP contribution in [-0.2, 0) is 4.74 Å². The molecule has 0 unspecified atom stereocenters. The van der Waals surface area contributed by atoms with Gasteiger partial charge in [-0.2, -0.15) is 0 Å². The molecule has 2 rings (SSSR count). The molecule has 0 spiro atoms. The second-order valence-electron chi connectivity index (χ2n) is 4.19. The molecule has 0 saturated carbocycles. The van der Waals surface area contributed by atoms with E-state index < -0.39 is 0 Å². The fourth-order valence-electron chi connectivity index (χ4n) is 2.45. The van der Waals surface area contributed by atoms with Crippen LogP contribution in [0.2, 0.25) is 0 Å². The Labute approximate surface area is 105 Å². The highest BCUT2D eigenvalue weighted by Gasteiger charge is 2.28. The van der Waals surface area contributed by atoms with E-state index in [1.807, 2.05) is 0 Å². The van der Waals surface area contributed by atoms with E-state index in [9.17, 15) is 0 Å².